The lowest BCUT2D eigenvalue weighted by Crippen LogP contribution is -2.00. The number of allylic oxidation sites excluding steroid dienone is 2. The van der Waals surface area contributed by atoms with Crippen LogP contribution in [0.3, 0.4) is 0 Å². The first-order valence-corrected chi connectivity index (χ1v) is 6.08. The molecule has 0 aliphatic carbocycles. The van der Waals surface area contributed by atoms with Crippen LogP contribution in [0.5, 0.6) is 5.75 Å². The summed E-state index contributed by atoms with van der Waals surface area (Å²) in [5, 5.41) is 10.8. The lowest BCUT2D eigenvalue weighted by Gasteiger charge is -2.04. The number of aromatic hydroxyl groups is 1. The molecule has 0 amide bonds. The largest absolute Gasteiger partial charge is 0.508 e. The van der Waals surface area contributed by atoms with Crippen LogP contribution >= 0.6 is 0 Å². The van der Waals surface area contributed by atoms with Crippen LogP contribution in [0, 0.1) is 0 Å². The smallest absolute Gasteiger partial charge is 0.354 e. The number of H-pyrrole nitrogens is 1. The maximum Gasteiger partial charge on any atom is 0.354 e. The molecular formula is C15H17NO3. The van der Waals surface area contributed by atoms with Gasteiger partial charge in [-0.3, -0.25) is 0 Å². The number of fused-ring (bicyclic) bond motifs is 1. The average molecular weight is 259 g/mol. The lowest BCUT2D eigenvalue weighted by molar-refractivity contribution is 0.0595. The quantitative estimate of drug-likeness (QED) is 0.657. The highest BCUT2D eigenvalue weighted by Crippen LogP contribution is 2.28. The molecule has 4 heteroatoms. The first-order valence-electron chi connectivity index (χ1n) is 6.08. The summed E-state index contributed by atoms with van der Waals surface area (Å²) < 4.78 is 4.69. The van der Waals surface area contributed by atoms with Crippen molar-refractivity contribution in [3.8, 4) is 5.75 Å². The first kappa shape index (κ1) is 13.2. The molecule has 1 aromatic carbocycles. The van der Waals surface area contributed by atoms with Crippen LogP contribution < -0.4 is 0 Å². The van der Waals surface area contributed by atoms with E-state index in [0.29, 0.717) is 12.1 Å². The molecule has 2 aromatic rings. The topological polar surface area (TPSA) is 62.3 Å². The molecule has 0 unspecified atom stereocenters. The molecule has 0 spiro atoms. The summed E-state index contributed by atoms with van der Waals surface area (Å²) in [6.45, 7) is 4.01. The Morgan fingerprint density at radius 1 is 1.42 bits per heavy atom. The summed E-state index contributed by atoms with van der Waals surface area (Å²) in [5.74, 6) is -0.188. The highest BCUT2D eigenvalue weighted by molar-refractivity contribution is 5.96. The number of phenols is 1. The third kappa shape index (κ3) is 2.62. The van der Waals surface area contributed by atoms with Crippen molar-refractivity contribution in [1.82, 2.24) is 4.98 Å². The fourth-order valence-corrected chi connectivity index (χ4v) is 1.98. The standard InChI is InChI=1S/C15H17NO3/c1-9(2)4-6-11-13(17)7-5-10-8-12(15(18)19-3)16-14(10)11/h4-5,7-8,16-17H,6H2,1-3H3. The molecule has 19 heavy (non-hydrogen) atoms. The van der Waals surface area contributed by atoms with Gasteiger partial charge in [-0.15, -0.1) is 0 Å². The molecule has 0 saturated carbocycles. The zero-order valence-electron chi connectivity index (χ0n) is 11.3. The van der Waals surface area contributed by atoms with Gasteiger partial charge < -0.3 is 14.8 Å². The van der Waals surface area contributed by atoms with Gasteiger partial charge in [0.15, 0.2) is 0 Å². The first-order chi connectivity index (χ1) is 9.02. The Morgan fingerprint density at radius 3 is 2.79 bits per heavy atom. The summed E-state index contributed by atoms with van der Waals surface area (Å²) in [5.41, 5.74) is 3.13. The molecule has 0 bridgehead atoms. The monoisotopic (exact) mass is 259 g/mol. The van der Waals surface area contributed by atoms with E-state index in [2.05, 4.69) is 9.72 Å². The number of aromatic amines is 1. The number of carbonyl (C=O) groups excluding carboxylic acids is 1. The molecule has 0 saturated heterocycles. The maximum absolute atomic E-state index is 11.5. The van der Waals surface area contributed by atoms with Crippen molar-refractivity contribution >= 4 is 16.9 Å². The van der Waals surface area contributed by atoms with Crippen molar-refractivity contribution in [2.24, 2.45) is 0 Å². The van der Waals surface area contributed by atoms with Crippen LogP contribution in [0.15, 0.2) is 29.8 Å². The predicted octanol–water partition coefficient (Wildman–Crippen LogP) is 3.17. The van der Waals surface area contributed by atoms with Crippen LogP contribution in [0.25, 0.3) is 10.9 Å². The Kier molecular flexibility index (Phi) is 3.60. The molecule has 4 nitrogen and oxygen atoms in total. The molecule has 0 aliphatic heterocycles. The fraction of sp³-hybridized carbons (Fsp3) is 0.267. The predicted molar refractivity (Wildman–Crippen MR) is 74.4 cm³/mol. The van der Waals surface area contributed by atoms with E-state index in [1.54, 1.807) is 18.2 Å². The number of rotatable bonds is 3. The van der Waals surface area contributed by atoms with Gasteiger partial charge in [-0.2, -0.15) is 0 Å². The van der Waals surface area contributed by atoms with Gasteiger partial charge in [0, 0.05) is 10.9 Å². The van der Waals surface area contributed by atoms with Gasteiger partial charge in [-0.1, -0.05) is 11.6 Å². The lowest BCUT2D eigenvalue weighted by atomic mass is 10.1. The summed E-state index contributed by atoms with van der Waals surface area (Å²) in [4.78, 5) is 14.5. The van der Waals surface area contributed by atoms with E-state index in [4.69, 9.17) is 0 Å². The number of ether oxygens (including phenoxy) is 1. The molecule has 0 fully saturated rings. The Labute approximate surface area is 111 Å². The van der Waals surface area contributed by atoms with Crippen molar-refractivity contribution in [3.63, 3.8) is 0 Å². The number of esters is 1. The Balaban J connectivity index is 2.55. The number of methoxy groups -OCH3 is 1. The summed E-state index contributed by atoms with van der Waals surface area (Å²) in [7, 11) is 1.34. The van der Waals surface area contributed by atoms with Gasteiger partial charge in [0.1, 0.15) is 11.4 Å². The number of hydrogen-bond donors (Lipinski definition) is 2. The van der Waals surface area contributed by atoms with Gasteiger partial charge in [-0.25, -0.2) is 4.79 Å². The van der Waals surface area contributed by atoms with Crippen LogP contribution in [0.1, 0.15) is 29.9 Å². The van der Waals surface area contributed by atoms with Gasteiger partial charge in [0.25, 0.3) is 0 Å². The van der Waals surface area contributed by atoms with E-state index < -0.39 is 5.97 Å². The van der Waals surface area contributed by atoms with E-state index in [1.807, 2.05) is 19.9 Å². The third-order valence-electron chi connectivity index (χ3n) is 3.00. The van der Waals surface area contributed by atoms with Crippen molar-refractivity contribution in [3.05, 3.63) is 41.1 Å². The van der Waals surface area contributed by atoms with Gasteiger partial charge >= 0.3 is 5.97 Å². The van der Waals surface area contributed by atoms with E-state index >= 15 is 0 Å². The van der Waals surface area contributed by atoms with Gasteiger partial charge in [0.2, 0.25) is 0 Å². The molecular weight excluding hydrogens is 242 g/mol. The molecule has 1 heterocycles. The molecule has 2 rings (SSSR count). The van der Waals surface area contributed by atoms with Crippen LogP contribution in [-0.2, 0) is 11.2 Å². The minimum Gasteiger partial charge on any atom is -0.508 e. The SMILES string of the molecule is COC(=O)c1cc2ccc(O)c(CC=C(C)C)c2[nH]1. The normalized spacial score (nSPS) is 10.5. The number of phenolic OH excluding ortho intramolecular Hbond substituents is 1. The average Bonchev–Trinajstić information content (AvgIpc) is 2.80. The summed E-state index contributed by atoms with van der Waals surface area (Å²) >= 11 is 0. The molecule has 0 radical (unpaired) electrons. The number of benzene rings is 1. The van der Waals surface area contributed by atoms with Crippen LogP contribution in [-0.4, -0.2) is 23.2 Å². The zero-order chi connectivity index (χ0) is 14.0. The Hall–Kier alpha value is -2.23. The minimum absolute atomic E-state index is 0.225. The van der Waals surface area contributed by atoms with E-state index in [9.17, 15) is 9.90 Å². The molecule has 100 valence electrons. The second-order valence-electron chi connectivity index (χ2n) is 4.69. The van der Waals surface area contributed by atoms with Gasteiger partial charge in [0.05, 0.1) is 12.6 Å². The second-order valence-corrected chi connectivity index (χ2v) is 4.69. The summed E-state index contributed by atoms with van der Waals surface area (Å²) in [6.07, 6.45) is 2.65. The van der Waals surface area contributed by atoms with Crippen molar-refractivity contribution < 1.29 is 14.6 Å². The van der Waals surface area contributed by atoms with E-state index in [-0.39, 0.29) is 5.75 Å². The van der Waals surface area contributed by atoms with Crippen molar-refractivity contribution in [1.29, 1.82) is 0 Å². The van der Waals surface area contributed by atoms with Crippen molar-refractivity contribution in [2.45, 2.75) is 20.3 Å². The third-order valence-corrected chi connectivity index (χ3v) is 3.00. The zero-order valence-corrected chi connectivity index (χ0v) is 11.3. The van der Waals surface area contributed by atoms with Gasteiger partial charge in [-0.05, 0) is 38.5 Å². The molecule has 0 aliphatic rings. The maximum atomic E-state index is 11.5. The number of aromatic nitrogens is 1. The van der Waals surface area contributed by atoms with E-state index in [0.717, 1.165) is 16.5 Å². The molecule has 1 aromatic heterocycles. The van der Waals surface area contributed by atoms with Crippen LogP contribution in [0.4, 0.5) is 0 Å². The van der Waals surface area contributed by atoms with Crippen molar-refractivity contribution in [2.75, 3.05) is 7.11 Å². The molecule has 0 atom stereocenters. The molecule has 2 N–H and O–H groups in total. The minimum atomic E-state index is -0.413. The Bertz CT molecular complexity index is 649. The fourth-order valence-electron chi connectivity index (χ4n) is 1.98. The van der Waals surface area contributed by atoms with Crippen LogP contribution in [0.2, 0.25) is 0 Å². The summed E-state index contributed by atoms with van der Waals surface area (Å²) in [6, 6.07) is 5.15. The highest BCUT2D eigenvalue weighted by atomic mass is 16.5. The highest BCUT2D eigenvalue weighted by Gasteiger charge is 2.13. The Morgan fingerprint density at radius 2 is 2.16 bits per heavy atom. The van der Waals surface area contributed by atoms with E-state index in [1.165, 1.54) is 12.7 Å². The number of carbonyl (C=O) groups is 1. The second kappa shape index (κ2) is 5.18. The number of nitrogens with one attached hydrogen (secondary N) is 1. The number of hydrogen-bond acceptors (Lipinski definition) is 3.